The van der Waals surface area contributed by atoms with Gasteiger partial charge in [0, 0.05) is 13.1 Å². The monoisotopic (exact) mass is 409 g/mol. The number of thiophene rings is 1. The van der Waals surface area contributed by atoms with Gasteiger partial charge in [0.2, 0.25) is 10.0 Å². The van der Waals surface area contributed by atoms with Crippen LogP contribution in [-0.2, 0) is 28.4 Å². The molecule has 1 aromatic carbocycles. The van der Waals surface area contributed by atoms with E-state index >= 15 is 0 Å². The van der Waals surface area contributed by atoms with Crippen molar-refractivity contribution < 1.29 is 18.3 Å². The van der Waals surface area contributed by atoms with Crippen LogP contribution in [0.25, 0.3) is 0 Å². The van der Waals surface area contributed by atoms with E-state index in [4.69, 9.17) is 0 Å². The smallest absolute Gasteiger partial charge is 0.346 e. The third kappa shape index (κ3) is 6.16. The lowest BCUT2D eigenvalue weighted by Gasteiger charge is -2.22. The summed E-state index contributed by atoms with van der Waals surface area (Å²) in [6.07, 6.45) is 2.33. The molecule has 0 saturated heterocycles. The third-order valence-electron chi connectivity index (χ3n) is 4.44. The molecule has 0 spiro atoms. The number of aromatic carboxylic acids is 1. The summed E-state index contributed by atoms with van der Waals surface area (Å²) in [4.78, 5) is 11.5. The van der Waals surface area contributed by atoms with Crippen molar-refractivity contribution in [1.29, 1.82) is 0 Å². The van der Waals surface area contributed by atoms with Crippen LogP contribution in [0.1, 0.15) is 53.6 Å². The molecule has 1 heterocycles. The summed E-state index contributed by atoms with van der Waals surface area (Å²) >= 11 is 1.20. The minimum Gasteiger partial charge on any atom is -0.477 e. The Labute approximate surface area is 165 Å². The lowest BCUT2D eigenvalue weighted by atomic mass is 9.87. The molecule has 0 amide bonds. The molecule has 148 valence electrons. The summed E-state index contributed by atoms with van der Waals surface area (Å²) in [6, 6.07) is 9.82. The number of carboxylic acid groups (broad SMARTS) is 1. The van der Waals surface area contributed by atoms with E-state index in [1.54, 1.807) is 11.4 Å². The van der Waals surface area contributed by atoms with Gasteiger partial charge in [-0.25, -0.2) is 13.2 Å². The number of sulfonamides is 1. The average molecular weight is 410 g/mol. The van der Waals surface area contributed by atoms with E-state index in [1.165, 1.54) is 27.5 Å². The molecule has 0 saturated carbocycles. The molecule has 0 atom stereocenters. The molecule has 1 N–H and O–H groups in total. The molecule has 2 aromatic rings. The van der Waals surface area contributed by atoms with Crippen molar-refractivity contribution in [1.82, 2.24) is 4.31 Å². The van der Waals surface area contributed by atoms with Crippen molar-refractivity contribution in [2.24, 2.45) is 0 Å². The predicted molar refractivity (Wildman–Crippen MR) is 110 cm³/mol. The third-order valence-corrected chi connectivity index (χ3v) is 6.64. The number of carboxylic acids is 1. The highest BCUT2D eigenvalue weighted by atomic mass is 32.2. The first-order valence-corrected chi connectivity index (χ1v) is 11.6. The summed E-state index contributed by atoms with van der Waals surface area (Å²) < 4.78 is 25.8. The lowest BCUT2D eigenvalue weighted by Crippen LogP contribution is -2.30. The molecule has 5 nitrogen and oxygen atoms in total. The van der Waals surface area contributed by atoms with Gasteiger partial charge in [-0.05, 0) is 46.4 Å². The molecular formula is C20H27NO4S2. The summed E-state index contributed by atoms with van der Waals surface area (Å²) in [5.74, 6) is -0.932. The zero-order valence-electron chi connectivity index (χ0n) is 16.2. The highest BCUT2D eigenvalue weighted by molar-refractivity contribution is 7.88. The lowest BCUT2D eigenvalue weighted by molar-refractivity contribution is 0.0701. The fourth-order valence-corrected chi connectivity index (χ4v) is 4.48. The van der Waals surface area contributed by atoms with E-state index < -0.39 is 16.0 Å². The molecule has 0 fully saturated rings. The van der Waals surface area contributed by atoms with Crippen molar-refractivity contribution in [3.05, 3.63) is 57.3 Å². The van der Waals surface area contributed by atoms with Gasteiger partial charge in [0.05, 0.1) is 6.26 Å². The maximum Gasteiger partial charge on any atom is 0.346 e. The van der Waals surface area contributed by atoms with Gasteiger partial charge < -0.3 is 5.11 Å². The number of hydrogen-bond acceptors (Lipinski definition) is 4. The van der Waals surface area contributed by atoms with Crippen LogP contribution in [0.3, 0.4) is 0 Å². The van der Waals surface area contributed by atoms with Gasteiger partial charge in [-0.15, -0.1) is 11.3 Å². The van der Waals surface area contributed by atoms with Crippen LogP contribution in [-0.4, -0.2) is 36.6 Å². The maximum atomic E-state index is 12.2. The van der Waals surface area contributed by atoms with Gasteiger partial charge in [0.15, 0.2) is 0 Å². The van der Waals surface area contributed by atoms with Gasteiger partial charge in [0.1, 0.15) is 4.88 Å². The average Bonchev–Trinajstić information content (AvgIpc) is 3.01. The Balaban J connectivity index is 2.04. The second kappa shape index (κ2) is 8.54. The van der Waals surface area contributed by atoms with Gasteiger partial charge in [0.25, 0.3) is 0 Å². The van der Waals surface area contributed by atoms with Gasteiger partial charge in [-0.1, -0.05) is 45.0 Å². The normalized spacial score (nSPS) is 12.5. The Hall–Kier alpha value is -1.70. The molecule has 1 aromatic heterocycles. The van der Waals surface area contributed by atoms with Crippen LogP contribution in [0.5, 0.6) is 0 Å². The van der Waals surface area contributed by atoms with Crippen LogP contribution in [0.15, 0.2) is 35.7 Å². The molecule has 0 aliphatic heterocycles. The molecule has 0 aliphatic carbocycles. The highest BCUT2D eigenvalue weighted by Gasteiger charge is 2.19. The number of rotatable bonds is 8. The molecule has 0 bridgehead atoms. The van der Waals surface area contributed by atoms with Gasteiger partial charge in [-0.2, -0.15) is 4.31 Å². The predicted octanol–water partition coefficient (Wildman–Crippen LogP) is 4.14. The standard InChI is InChI=1S/C20H27NO4S2/c1-20(2,3)17-9-7-15(8-10-17)14-21(27(4,24)25)12-5-6-16-11-13-26-18(16)19(22)23/h7-11,13H,5-6,12,14H2,1-4H3,(H,22,23). The number of hydrogen-bond donors (Lipinski definition) is 1. The Bertz CT molecular complexity index is 877. The number of benzene rings is 1. The van der Waals surface area contributed by atoms with E-state index in [-0.39, 0.29) is 5.41 Å². The second-order valence-corrected chi connectivity index (χ2v) is 10.6. The van der Waals surface area contributed by atoms with Crippen molar-refractivity contribution in [2.75, 3.05) is 12.8 Å². The molecule has 2 rings (SSSR count). The number of nitrogens with zero attached hydrogens (tertiary/aromatic N) is 1. The molecule has 0 aliphatic rings. The first-order valence-electron chi connectivity index (χ1n) is 8.82. The molecule has 0 radical (unpaired) electrons. The first kappa shape index (κ1) is 21.6. The van der Waals surface area contributed by atoms with Crippen molar-refractivity contribution in [3.63, 3.8) is 0 Å². The molecular weight excluding hydrogens is 382 g/mol. The minimum atomic E-state index is -3.35. The van der Waals surface area contributed by atoms with Crippen LogP contribution < -0.4 is 0 Å². The zero-order chi connectivity index (χ0) is 20.2. The number of aryl methyl sites for hydroxylation is 1. The Kier molecular flexibility index (Phi) is 6.83. The van der Waals surface area contributed by atoms with Crippen LogP contribution >= 0.6 is 11.3 Å². The number of carbonyl (C=O) groups is 1. The van der Waals surface area contributed by atoms with Crippen LogP contribution in [0.2, 0.25) is 0 Å². The van der Waals surface area contributed by atoms with Crippen molar-refractivity contribution >= 4 is 27.3 Å². The van der Waals surface area contributed by atoms with E-state index in [1.807, 2.05) is 24.3 Å². The minimum absolute atomic E-state index is 0.0530. The van der Waals surface area contributed by atoms with E-state index in [9.17, 15) is 18.3 Å². The molecule has 27 heavy (non-hydrogen) atoms. The molecule has 7 heteroatoms. The van der Waals surface area contributed by atoms with Crippen LogP contribution in [0.4, 0.5) is 0 Å². The summed E-state index contributed by atoms with van der Waals surface area (Å²) in [5.41, 5.74) is 2.96. The summed E-state index contributed by atoms with van der Waals surface area (Å²) in [5, 5.41) is 10.9. The Morgan fingerprint density at radius 3 is 2.30 bits per heavy atom. The largest absolute Gasteiger partial charge is 0.477 e. The zero-order valence-corrected chi connectivity index (χ0v) is 17.9. The fraction of sp³-hybridized carbons (Fsp3) is 0.450. The second-order valence-electron chi connectivity index (χ2n) is 7.73. The summed E-state index contributed by atoms with van der Waals surface area (Å²) in [7, 11) is -3.35. The Morgan fingerprint density at radius 1 is 1.15 bits per heavy atom. The van der Waals surface area contributed by atoms with E-state index in [0.29, 0.717) is 30.8 Å². The first-order chi connectivity index (χ1) is 12.5. The van der Waals surface area contributed by atoms with Crippen molar-refractivity contribution in [2.45, 2.75) is 45.6 Å². The molecule has 0 unspecified atom stereocenters. The summed E-state index contributed by atoms with van der Waals surface area (Å²) in [6.45, 7) is 7.09. The quantitative estimate of drug-likeness (QED) is 0.711. The van der Waals surface area contributed by atoms with Crippen LogP contribution in [0, 0.1) is 0 Å². The van der Waals surface area contributed by atoms with E-state index in [0.717, 1.165) is 11.1 Å². The van der Waals surface area contributed by atoms with Crippen molar-refractivity contribution in [3.8, 4) is 0 Å². The maximum absolute atomic E-state index is 12.2. The van der Waals surface area contributed by atoms with Gasteiger partial charge >= 0.3 is 5.97 Å². The SMILES string of the molecule is CC(C)(C)c1ccc(CN(CCCc2ccsc2C(=O)O)S(C)(=O)=O)cc1. The van der Waals surface area contributed by atoms with Gasteiger partial charge in [-0.3, -0.25) is 0 Å². The Morgan fingerprint density at radius 2 is 1.78 bits per heavy atom. The topological polar surface area (TPSA) is 74.7 Å². The fourth-order valence-electron chi connectivity index (χ4n) is 2.84. The highest BCUT2D eigenvalue weighted by Crippen LogP contribution is 2.23. The van der Waals surface area contributed by atoms with E-state index in [2.05, 4.69) is 20.8 Å².